The van der Waals surface area contributed by atoms with Gasteiger partial charge in [0, 0.05) is 69.2 Å². The fourth-order valence-corrected chi connectivity index (χ4v) is 12.6. The number of oxime groups is 1. The van der Waals surface area contributed by atoms with Gasteiger partial charge in [0.2, 0.25) is 0 Å². The van der Waals surface area contributed by atoms with Crippen LogP contribution < -0.4 is 0 Å². The third kappa shape index (κ3) is 13.4. The molecule has 3 aliphatic heterocycles. The first-order valence-electron chi connectivity index (χ1n) is 26.5. The van der Waals surface area contributed by atoms with Gasteiger partial charge in [0.05, 0.1) is 52.3 Å². The number of hydrogen-bond donors (Lipinski definition) is 4. The molecule has 18 atom stereocenters. The van der Waals surface area contributed by atoms with Gasteiger partial charge in [-0.05, 0) is 116 Å². The lowest BCUT2D eigenvalue weighted by Gasteiger charge is -2.51. The van der Waals surface area contributed by atoms with Crippen LogP contribution in [0.4, 0.5) is 5.69 Å². The molecule has 0 amide bonds. The average molecular weight is 1030 g/mol. The molecule has 0 spiro atoms. The molecule has 0 radical (unpaired) electrons. The van der Waals surface area contributed by atoms with E-state index in [1.165, 1.54) is 19.2 Å². The van der Waals surface area contributed by atoms with E-state index in [9.17, 15) is 35.4 Å². The van der Waals surface area contributed by atoms with Crippen molar-refractivity contribution in [2.45, 2.75) is 213 Å². The normalized spacial score (nSPS) is 39.9. The highest BCUT2D eigenvalue weighted by molar-refractivity contribution is 5.88. The zero-order valence-electron chi connectivity index (χ0n) is 45.4. The van der Waals surface area contributed by atoms with Crippen LogP contribution >= 0.6 is 0 Å². The number of ether oxygens (including phenoxy) is 6. The summed E-state index contributed by atoms with van der Waals surface area (Å²) >= 11 is 0. The second kappa shape index (κ2) is 24.4. The van der Waals surface area contributed by atoms with Gasteiger partial charge in [-0.1, -0.05) is 69.3 Å². The lowest BCUT2D eigenvalue weighted by atomic mass is 9.65. The van der Waals surface area contributed by atoms with Crippen molar-refractivity contribution in [1.29, 1.82) is 0 Å². The fraction of sp³-hybridized carbons (Fsp3) is 0.778. The van der Waals surface area contributed by atoms with Gasteiger partial charge in [-0.3, -0.25) is 19.6 Å². The Kier molecular flexibility index (Phi) is 19.5. The summed E-state index contributed by atoms with van der Waals surface area (Å²) in [5, 5.41) is 71.0. The molecule has 2 aromatic rings. The lowest BCUT2D eigenvalue weighted by molar-refractivity contribution is -0.384. The first-order chi connectivity index (χ1) is 34.4. The molecule has 1 saturated carbocycles. The van der Waals surface area contributed by atoms with Crippen LogP contribution in [-0.4, -0.2) is 150 Å². The molecule has 1 aliphatic carbocycles. The molecule has 19 heteroatoms. The third-order valence-electron chi connectivity index (χ3n) is 17.2. The van der Waals surface area contributed by atoms with Gasteiger partial charge in [-0.2, -0.15) is 0 Å². The first-order valence-corrected chi connectivity index (χ1v) is 26.5. The first kappa shape index (κ1) is 58.3. The molecule has 2 unspecified atom stereocenters. The number of nitro benzene ring substituents is 1. The molecule has 6 rings (SSSR count). The zero-order chi connectivity index (χ0) is 53.7. The van der Waals surface area contributed by atoms with Crippen LogP contribution in [0.1, 0.15) is 132 Å². The van der Waals surface area contributed by atoms with Gasteiger partial charge in [0.1, 0.15) is 23.9 Å². The van der Waals surface area contributed by atoms with E-state index >= 15 is 0 Å². The van der Waals surface area contributed by atoms with Crippen LogP contribution in [-0.2, 0) is 52.6 Å². The highest BCUT2D eigenvalue weighted by atomic mass is 16.7. The number of esters is 1. The number of nitro groups is 1. The fourth-order valence-electron chi connectivity index (χ4n) is 12.6. The van der Waals surface area contributed by atoms with Gasteiger partial charge >= 0.3 is 5.97 Å². The largest absolute Gasteiger partial charge is 0.459 e. The van der Waals surface area contributed by atoms with Gasteiger partial charge in [-0.15, -0.1) is 5.10 Å². The maximum Gasteiger partial charge on any atom is 0.311 e. The van der Waals surface area contributed by atoms with Crippen molar-refractivity contribution in [2.24, 2.45) is 40.2 Å². The molecule has 73 heavy (non-hydrogen) atoms. The summed E-state index contributed by atoms with van der Waals surface area (Å²) in [4.78, 5) is 27.6. The number of non-ortho nitro benzene ring substituents is 1. The Morgan fingerprint density at radius 3 is 2.36 bits per heavy atom. The number of aliphatic hydroxyl groups excluding tert-OH is 2. The third-order valence-corrected chi connectivity index (χ3v) is 17.2. The topological polar surface area (TPSA) is 243 Å². The Morgan fingerprint density at radius 1 is 1.01 bits per heavy atom. The van der Waals surface area contributed by atoms with Crippen LogP contribution in [0.2, 0.25) is 0 Å². The van der Waals surface area contributed by atoms with Crippen molar-refractivity contribution in [3.8, 4) is 0 Å². The molecule has 19 nitrogen and oxygen atoms in total. The molecule has 4 heterocycles. The summed E-state index contributed by atoms with van der Waals surface area (Å²) < 4.78 is 41.4. The summed E-state index contributed by atoms with van der Waals surface area (Å²) in [6, 6.07) is 6.09. The predicted octanol–water partition coefficient (Wildman–Crippen LogP) is 7.04. The smallest absolute Gasteiger partial charge is 0.311 e. The number of carbonyl (C=O) groups excluding carboxylic acids is 1. The minimum absolute atomic E-state index is 0.0442. The maximum absolute atomic E-state index is 14.8. The van der Waals surface area contributed by atoms with Gasteiger partial charge in [0.15, 0.2) is 12.6 Å². The number of rotatable bonds is 14. The van der Waals surface area contributed by atoms with E-state index in [2.05, 4.69) is 33.9 Å². The van der Waals surface area contributed by atoms with Crippen molar-refractivity contribution in [2.75, 3.05) is 20.7 Å². The Morgan fingerprint density at radius 2 is 1.71 bits per heavy atom. The highest BCUT2D eigenvalue weighted by Gasteiger charge is 2.54. The Balaban J connectivity index is 1.34. The maximum atomic E-state index is 14.8. The van der Waals surface area contributed by atoms with E-state index in [-0.39, 0.29) is 30.2 Å². The Hall–Kier alpha value is -3.92. The molecule has 2 bridgehead atoms. The van der Waals surface area contributed by atoms with Crippen molar-refractivity contribution >= 4 is 17.4 Å². The van der Waals surface area contributed by atoms with Crippen LogP contribution in [0.5, 0.6) is 0 Å². The molecular weight excluding hydrogens is 941 g/mol. The number of aryl methyl sites for hydroxylation is 2. The Bertz CT molecular complexity index is 2190. The summed E-state index contributed by atoms with van der Waals surface area (Å²) in [5.41, 5.74) is -0.0587. The number of methoxy groups -OCH3 is 1. The number of nitrogens with zero attached hydrogens (tertiary/aromatic N) is 6. The number of fused-ring (bicyclic) bond motifs is 5. The molecule has 4 aliphatic rings. The summed E-state index contributed by atoms with van der Waals surface area (Å²) in [5.74, 6) is -3.37. The van der Waals surface area contributed by atoms with Crippen molar-refractivity contribution in [3.63, 3.8) is 0 Å². The van der Waals surface area contributed by atoms with Crippen LogP contribution in [0.15, 0.2) is 47.8 Å². The lowest BCUT2D eigenvalue weighted by Crippen LogP contribution is -2.60. The molecule has 1 aromatic carbocycles. The average Bonchev–Trinajstić information content (AvgIpc) is 3.81. The summed E-state index contributed by atoms with van der Waals surface area (Å²) in [6.07, 6.45) is -0.988. The molecular formula is C54H86N6O13. The molecule has 4 N–H and O–H groups in total. The molecule has 4 fully saturated rings. The van der Waals surface area contributed by atoms with Crippen molar-refractivity contribution in [1.82, 2.24) is 19.9 Å². The number of likely N-dealkylation sites (N-methyl/N-ethyl adjacent to an activating group) is 1. The van der Waals surface area contributed by atoms with E-state index in [1.807, 2.05) is 47.9 Å². The van der Waals surface area contributed by atoms with Crippen molar-refractivity contribution in [3.05, 3.63) is 64.0 Å². The quantitative estimate of drug-likeness (QED) is 0.0487. The van der Waals surface area contributed by atoms with E-state index in [0.29, 0.717) is 76.6 Å². The predicted molar refractivity (Wildman–Crippen MR) is 273 cm³/mol. The van der Waals surface area contributed by atoms with E-state index < -0.39 is 100 Å². The number of hydrogen-bond acceptors (Lipinski definition) is 17. The number of cyclic esters (lactones) is 1. The van der Waals surface area contributed by atoms with Crippen LogP contribution in [0.25, 0.3) is 0 Å². The van der Waals surface area contributed by atoms with E-state index in [4.69, 9.17) is 28.4 Å². The monoisotopic (exact) mass is 1030 g/mol. The number of aromatic nitrogens is 3. The minimum atomic E-state index is -1.53. The van der Waals surface area contributed by atoms with Crippen LogP contribution in [0.3, 0.4) is 0 Å². The second-order valence-corrected chi connectivity index (χ2v) is 22.8. The standard InChI is InChI=1S/C54H86N6O13/c1-14-43-54(11,64)41-20-15-31(2)21-24-52(9,28-32(3)45(56-65)34(41)5)49(35(6)47(36(7)50(63)71-43)72-44-29-53(10,68-13)48(62)37(8)70-44)73-51-46(61)42(27-33(4)69-51)58(12)25-23-39-30-59(57-55-39)26-22-38-16-18-40(19-17-38)60(66)67/h16-19,30,32-37,41-44,46-49,51,61-62,64-65H,2,14-15,20-29H2,1,3-13H3/b56-45+/t32-,33-,34-,35+,36-,37+,41-,42+,43-,44?,46?,47+,48+,49-,51+,52-,53-,54+/m1/s1. The van der Waals surface area contributed by atoms with E-state index in [0.717, 1.165) is 16.8 Å². The van der Waals surface area contributed by atoms with Crippen molar-refractivity contribution < 1.29 is 58.7 Å². The second-order valence-electron chi connectivity index (χ2n) is 22.8. The Labute approximate surface area is 432 Å². The van der Waals surface area contributed by atoms with Gasteiger partial charge in [0.25, 0.3) is 5.69 Å². The van der Waals surface area contributed by atoms with Crippen LogP contribution in [0, 0.1) is 45.1 Å². The highest BCUT2D eigenvalue weighted by Crippen LogP contribution is 2.49. The zero-order valence-corrected chi connectivity index (χ0v) is 45.4. The van der Waals surface area contributed by atoms with Gasteiger partial charge in [-0.25, -0.2) is 0 Å². The minimum Gasteiger partial charge on any atom is -0.459 e. The molecule has 3 saturated heterocycles. The summed E-state index contributed by atoms with van der Waals surface area (Å²) in [6.45, 7) is 24.6. The number of benzene rings is 1. The number of carbonyl (C=O) groups is 1. The molecule has 1 aromatic heterocycles. The van der Waals surface area contributed by atoms with E-state index in [1.54, 1.807) is 44.5 Å². The summed E-state index contributed by atoms with van der Waals surface area (Å²) in [7, 11) is 3.50. The number of allylic oxidation sites excluding steroid dienone is 1. The number of aliphatic hydroxyl groups is 3. The SMILES string of the molecule is C=C1CC[C@@H]2[C@@H](C)/C(=N/O)[C@H](C)C[C@@](C)(CC1)[C@H](O[C@@H]1O[C@H](C)C[C@H](N(C)CCc3cn(CCc4ccc([N+](=O)[O-])cc4)nn3)C1O)[C@@H](C)[C@H](OC1C[C@@](C)(OC)[C@@H](O)[C@H](C)O1)[C@@H](C)C(=O)O[C@H](CC)[C@@]2(C)O. The molecule has 410 valence electrons. The van der Waals surface area contributed by atoms with Gasteiger partial charge < -0.3 is 53.8 Å².